The highest BCUT2D eigenvalue weighted by atomic mass is 16.6. The third-order valence-electron chi connectivity index (χ3n) is 4.07. The number of hydrogen-bond donors (Lipinski definition) is 2. The van der Waals surface area contributed by atoms with Gasteiger partial charge in [0.1, 0.15) is 12.7 Å². The number of rotatable bonds is 3. The van der Waals surface area contributed by atoms with Crippen LogP contribution in [0.2, 0.25) is 0 Å². The van der Waals surface area contributed by atoms with E-state index in [-0.39, 0.29) is 17.9 Å². The summed E-state index contributed by atoms with van der Waals surface area (Å²) in [4.78, 5) is 12.2. The zero-order valence-electron chi connectivity index (χ0n) is 12.3. The number of piperidine rings is 1. The Morgan fingerprint density at radius 3 is 3.00 bits per heavy atom. The molecule has 0 aliphatic carbocycles. The van der Waals surface area contributed by atoms with E-state index in [4.69, 9.17) is 9.47 Å². The second-order valence-electron chi connectivity index (χ2n) is 5.82. The van der Waals surface area contributed by atoms with Crippen LogP contribution >= 0.6 is 0 Å². The van der Waals surface area contributed by atoms with Crippen LogP contribution in [0.1, 0.15) is 19.8 Å². The Labute approximate surface area is 125 Å². The van der Waals surface area contributed by atoms with Crippen molar-refractivity contribution >= 4 is 5.91 Å². The van der Waals surface area contributed by atoms with Gasteiger partial charge in [0.2, 0.25) is 5.91 Å². The lowest BCUT2D eigenvalue weighted by atomic mass is 9.92. The fraction of sp³-hybridized carbons (Fsp3) is 0.562. The second kappa shape index (κ2) is 6.35. The van der Waals surface area contributed by atoms with E-state index in [9.17, 15) is 4.79 Å². The average molecular weight is 290 g/mol. The van der Waals surface area contributed by atoms with Gasteiger partial charge in [-0.25, -0.2) is 0 Å². The van der Waals surface area contributed by atoms with E-state index in [1.54, 1.807) is 0 Å². The van der Waals surface area contributed by atoms with Gasteiger partial charge in [0, 0.05) is 12.0 Å². The van der Waals surface area contributed by atoms with Crippen LogP contribution in [-0.2, 0) is 4.79 Å². The van der Waals surface area contributed by atoms with Crippen molar-refractivity contribution in [2.45, 2.75) is 31.9 Å². The molecule has 0 aromatic heterocycles. The number of benzene rings is 1. The molecule has 1 aromatic carbocycles. The summed E-state index contributed by atoms with van der Waals surface area (Å²) < 4.78 is 11.5. The molecule has 21 heavy (non-hydrogen) atoms. The molecule has 2 aliphatic rings. The molecular formula is C16H22N2O3. The molecule has 1 aromatic rings. The van der Waals surface area contributed by atoms with E-state index in [2.05, 4.69) is 17.6 Å². The first kappa shape index (κ1) is 14.2. The van der Waals surface area contributed by atoms with Crippen molar-refractivity contribution in [3.8, 4) is 11.5 Å². The van der Waals surface area contributed by atoms with Crippen molar-refractivity contribution in [2.75, 3.05) is 19.7 Å². The number of nitrogens with one attached hydrogen (secondary N) is 2. The van der Waals surface area contributed by atoms with E-state index >= 15 is 0 Å². The van der Waals surface area contributed by atoms with Gasteiger partial charge in [0.25, 0.3) is 0 Å². The van der Waals surface area contributed by atoms with E-state index in [1.165, 1.54) is 0 Å². The summed E-state index contributed by atoms with van der Waals surface area (Å²) in [6.07, 6.45) is 1.68. The van der Waals surface area contributed by atoms with Crippen LogP contribution in [0, 0.1) is 5.92 Å². The summed E-state index contributed by atoms with van der Waals surface area (Å²) in [5.41, 5.74) is 0. The Bertz CT molecular complexity index is 506. The molecule has 1 amide bonds. The molecule has 2 aliphatic heterocycles. The summed E-state index contributed by atoms with van der Waals surface area (Å²) >= 11 is 0. The normalized spacial score (nSPS) is 28.0. The van der Waals surface area contributed by atoms with Gasteiger partial charge in [-0.15, -0.1) is 0 Å². The molecule has 0 radical (unpaired) electrons. The van der Waals surface area contributed by atoms with Gasteiger partial charge in [-0.05, 0) is 38.4 Å². The highest BCUT2D eigenvalue weighted by Gasteiger charge is 2.26. The van der Waals surface area contributed by atoms with Crippen molar-refractivity contribution in [3.63, 3.8) is 0 Å². The van der Waals surface area contributed by atoms with Crippen LogP contribution in [-0.4, -0.2) is 37.7 Å². The van der Waals surface area contributed by atoms with Crippen LogP contribution in [0.4, 0.5) is 0 Å². The average Bonchev–Trinajstić information content (AvgIpc) is 2.52. The van der Waals surface area contributed by atoms with E-state index in [0.29, 0.717) is 19.2 Å². The van der Waals surface area contributed by atoms with Crippen molar-refractivity contribution in [1.82, 2.24) is 10.6 Å². The maximum atomic E-state index is 12.2. The molecule has 2 N–H and O–H groups in total. The lowest BCUT2D eigenvalue weighted by Crippen LogP contribution is -2.46. The monoisotopic (exact) mass is 290 g/mol. The quantitative estimate of drug-likeness (QED) is 0.882. The van der Waals surface area contributed by atoms with Crippen molar-refractivity contribution in [3.05, 3.63) is 24.3 Å². The topological polar surface area (TPSA) is 59.6 Å². The number of ether oxygens (including phenoxy) is 2. The summed E-state index contributed by atoms with van der Waals surface area (Å²) in [5, 5.41) is 6.36. The predicted octanol–water partition coefficient (Wildman–Crippen LogP) is 1.33. The molecule has 0 bridgehead atoms. The van der Waals surface area contributed by atoms with Gasteiger partial charge in [-0.2, -0.15) is 0 Å². The number of para-hydroxylation sites is 2. The maximum Gasteiger partial charge on any atom is 0.223 e. The zero-order chi connectivity index (χ0) is 14.7. The Hall–Kier alpha value is -1.75. The fourth-order valence-corrected chi connectivity index (χ4v) is 2.89. The molecule has 5 heteroatoms. The molecular weight excluding hydrogens is 268 g/mol. The van der Waals surface area contributed by atoms with Crippen molar-refractivity contribution in [1.29, 1.82) is 0 Å². The highest BCUT2D eigenvalue weighted by molar-refractivity contribution is 5.78. The third kappa shape index (κ3) is 3.47. The number of hydrogen-bond acceptors (Lipinski definition) is 4. The van der Waals surface area contributed by atoms with Gasteiger partial charge in [0.15, 0.2) is 11.5 Å². The van der Waals surface area contributed by atoms with E-state index in [1.807, 2.05) is 24.3 Å². The number of fused-ring (bicyclic) bond motifs is 1. The third-order valence-corrected chi connectivity index (χ3v) is 4.07. The second-order valence-corrected chi connectivity index (χ2v) is 5.82. The standard InChI is InChI=1S/C16H22N2O3/c1-11-8-12(6-7-17-11)16(19)18-9-13-10-20-14-4-2-3-5-15(14)21-13/h2-5,11-13,17H,6-10H2,1H3,(H,18,19). The van der Waals surface area contributed by atoms with Gasteiger partial charge in [0.05, 0.1) is 6.54 Å². The molecule has 3 unspecified atom stereocenters. The smallest absolute Gasteiger partial charge is 0.223 e. The molecule has 114 valence electrons. The van der Waals surface area contributed by atoms with E-state index in [0.717, 1.165) is 30.9 Å². The number of carbonyl (C=O) groups is 1. The minimum absolute atomic E-state index is 0.109. The van der Waals surface area contributed by atoms with Gasteiger partial charge in [-0.1, -0.05) is 12.1 Å². The van der Waals surface area contributed by atoms with Gasteiger partial charge in [-0.3, -0.25) is 4.79 Å². The summed E-state index contributed by atoms with van der Waals surface area (Å²) in [5.74, 6) is 1.76. The Morgan fingerprint density at radius 2 is 2.19 bits per heavy atom. The van der Waals surface area contributed by atoms with Crippen molar-refractivity contribution in [2.24, 2.45) is 5.92 Å². The lowest BCUT2D eigenvalue weighted by molar-refractivity contribution is -0.126. The van der Waals surface area contributed by atoms with Gasteiger partial charge >= 0.3 is 0 Å². The molecule has 1 fully saturated rings. The molecule has 0 spiro atoms. The first-order valence-corrected chi connectivity index (χ1v) is 7.62. The fourth-order valence-electron chi connectivity index (χ4n) is 2.89. The Kier molecular flexibility index (Phi) is 4.29. The Balaban J connectivity index is 1.49. The molecule has 2 heterocycles. The molecule has 1 saturated heterocycles. The molecule has 3 atom stereocenters. The summed E-state index contributed by atoms with van der Waals surface area (Å²) in [6.45, 7) is 4.00. The van der Waals surface area contributed by atoms with Crippen LogP contribution < -0.4 is 20.1 Å². The number of amides is 1. The van der Waals surface area contributed by atoms with E-state index < -0.39 is 0 Å². The van der Waals surface area contributed by atoms with Crippen LogP contribution in [0.5, 0.6) is 11.5 Å². The zero-order valence-corrected chi connectivity index (χ0v) is 12.3. The van der Waals surface area contributed by atoms with Crippen LogP contribution in [0.25, 0.3) is 0 Å². The maximum absolute atomic E-state index is 12.2. The minimum atomic E-state index is -0.122. The predicted molar refractivity (Wildman–Crippen MR) is 79.6 cm³/mol. The molecule has 0 saturated carbocycles. The molecule has 3 rings (SSSR count). The molecule has 5 nitrogen and oxygen atoms in total. The highest BCUT2D eigenvalue weighted by Crippen LogP contribution is 2.30. The first-order chi connectivity index (χ1) is 10.2. The van der Waals surface area contributed by atoms with Crippen molar-refractivity contribution < 1.29 is 14.3 Å². The lowest BCUT2D eigenvalue weighted by Gasteiger charge is -2.29. The SMILES string of the molecule is CC1CC(C(=O)NCC2COc3ccccc3O2)CCN1. The first-order valence-electron chi connectivity index (χ1n) is 7.62. The Morgan fingerprint density at radius 1 is 1.38 bits per heavy atom. The minimum Gasteiger partial charge on any atom is -0.486 e. The summed E-state index contributed by atoms with van der Waals surface area (Å²) in [7, 11) is 0. The summed E-state index contributed by atoms with van der Waals surface area (Å²) in [6, 6.07) is 8.02. The van der Waals surface area contributed by atoms with Crippen LogP contribution in [0.3, 0.4) is 0 Å². The van der Waals surface area contributed by atoms with Crippen LogP contribution in [0.15, 0.2) is 24.3 Å². The van der Waals surface area contributed by atoms with Gasteiger partial charge < -0.3 is 20.1 Å². The number of carbonyl (C=O) groups excluding carboxylic acids is 1. The largest absolute Gasteiger partial charge is 0.486 e.